The van der Waals surface area contributed by atoms with E-state index >= 15 is 0 Å². The summed E-state index contributed by atoms with van der Waals surface area (Å²) in [6, 6.07) is 5.81. The lowest BCUT2D eigenvalue weighted by Gasteiger charge is -2.03. The van der Waals surface area contributed by atoms with Gasteiger partial charge in [-0.15, -0.1) is 0 Å². The molecule has 1 aromatic heterocycles. The second kappa shape index (κ2) is 7.01. The van der Waals surface area contributed by atoms with Crippen molar-refractivity contribution in [3.8, 4) is 5.75 Å². The van der Waals surface area contributed by atoms with Crippen LogP contribution in [0.5, 0.6) is 5.75 Å². The Morgan fingerprint density at radius 2 is 1.76 bits per heavy atom. The predicted octanol–water partition coefficient (Wildman–Crippen LogP) is 1.31. The van der Waals surface area contributed by atoms with Crippen molar-refractivity contribution in [1.82, 2.24) is 0 Å². The Balaban J connectivity index is 0.000000235. The molecule has 0 amide bonds. The van der Waals surface area contributed by atoms with Gasteiger partial charge in [-0.3, -0.25) is 26.0 Å². The van der Waals surface area contributed by atoms with Gasteiger partial charge in [0.05, 0.1) is 20.9 Å². The Morgan fingerprint density at radius 3 is 2.19 bits per heavy atom. The third-order valence-corrected chi connectivity index (χ3v) is 2.38. The molecule has 2 rings (SSSR count). The zero-order valence-corrected chi connectivity index (χ0v) is 11.1. The molecule has 0 aliphatic carbocycles. The van der Waals surface area contributed by atoms with Crippen LogP contribution in [0.2, 0.25) is 5.02 Å². The summed E-state index contributed by atoms with van der Waals surface area (Å²) in [4.78, 5) is 21.3. The van der Waals surface area contributed by atoms with Crippen molar-refractivity contribution in [1.29, 1.82) is 0 Å². The Kier molecular flexibility index (Phi) is 5.38. The maximum Gasteiger partial charge on any atom is 0.276 e. The van der Waals surface area contributed by atoms with Crippen LogP contribution in [0.15, 0.2) is 36.5 Å². The van der Waals surface area contributed by atoms with Crippen LogP contribution in [0.1, 0.15) is 0 Å². The van der Waals surface area contributed by atoms with Gasteiger partial charge in [-0.2, -0.15) is 0 Å². The normalized spacial score (nSPS) is 9.38. The number of non-ortho nitro benzene ring substituents is 1. The van der Waals surface area contributed by atoms with Gasteiger partial charge in [0, 0.05) is 12.1 Å². The molecule has 0 spiro atoms. The number of nitrogens with one attached hydrogen (secondary N) is 1. The number of nitrogens with zero attached hydrogens (tertiary/aromatic N) is 2. The van der Waals surface area contributed by atoms with E-state index in [0.717, 1.165) is 12.1 Å². The second-order valence-corrected chi connectivity index (χ2v) is 4.06. The summed E-state index contributed by atoms with van der Waals surface area (Å²) in [5.74, 6) is -0.218. The van der Waals surface area contributed by atoms with E-state index in [1.165, 1.54) is 0 Å². The molecule has 1 aromatic carbocycles. The number of aromatic amines is 1. The van der Waals surface area contributed by atoms with Crippen LogP contribution >= 0.6 is 11.6 Å². The molecule has 0 aliphatic rings. The van der Waals surface area contributed by atoms with Crippen molar-refractivity contribution in [2.24, 2.45) is 0 Å². The SMILES string of the molecule is Nc1ccc(Cl)c[nH+]1.O=[N+]([O-])c1ccc([O-])c([N+](=O)[O-])c1. The molecule has 21 heavy (non-hydrogen) atoms. The van der Waals surface area contributed by atoms with E-state index in [-0.39, 0.29) is 0 Å². The van der Waals surface area contributed by atoms with Crippen molar-refractivity contribution in [3.05, 3.63) is 61.8 Å². The largest absolute Gasteiger partial charge is 0.868 e. The Morgan fingerprint density at radius 1 is 1.10 bits per heavy atom. The van der Waals surface area contributed by atoms with Crippen LogP contribution in [0, 0.1) is 20.2 Å². The van der Waals surface area contributed by atoms with Gasteiger partial charge in [0.1, 0.15) is 6.20 Å². The average molecular weight is 313 g/mol. The highest BCUT2D eigenvalue weighted by Crippen LogP contribution is 2.27. The van der Waals surface area contributed by atoms with Crippen molar-refractivity contribution in [2.75, 3.05) is 5.73 Å². The van der Waals surface area contributed by atoms with Gasteiger partial charge in [0.25, 0.3) is 17.2 Å². The van der Waals surface area contributed by atoms with E-state index in [4.69, 9.17) is 17.3 Å². The van der Waals surface area contributed by atoms with Crippen LogP contribution in [0.25, 0.3) is 0 Å². The lowest BCUT2D eigenvalue weighted by atomic mass is 10.2. The first-order chi connectivity index (χ1) is 9.81. The molecule has 0 atom stereocenters. The maximum atomic E-state index is 10.8. The Hall–Kier alpha value is -2.94. The summed E-state index contributed by atoms with van der Waals surface area (Å²) in [6.07, 6.45) is 1.64. The Bertz CT molecular complexity index is 641. The number of rotatable bonds is 2. The van der Waals surface area contributed by atoms with E-state index in [9.17, 15) is 25.3 Å². The number of aromatic nitrogens is 1. The number of nitro benzene ring substituents is 2. The van der Waals surface area contributed by atoms with Gasteiger partial charge in [-0.1, -0.05) is 17.7 Å². The number of benzene rings is 1. The highest BCUT2D eigenvalue weighted by Gasteiger charge is 2.13. The van der Waals surface area contributed by atoms with E-state index in [1.807, 2.05) is 0 Å². The fourth-order valence-corrected chi connectivity index (χ4v) is 1.30. The van der Waals surface area contributed by atoms with Crippen LogP contribution < -0.4 is 15.8 Å². The van der Waals surface area contributed by atoms with Gasteiger partial charge in [0.2, 0.25) is 0 Å². The summed E-state index contributed by atoms with van der Waals surface area (Å²) in [7, 11) is 0. The summed E-state index contributed by atoms with van der Waals surface area (Å²) in [5, 5.41) is 31.8. The first-order valence-corrected chi connectivity index (χ1v) is 5.71. The fourth-order valence-electron chi connectivity index (χ4n) is 1.18. The average Bonchev–Trinajstić information content (AvgIpc) is 2.42. The third kappa shape index (κ3) is 4.91. The molecule has 0 unspecified atom stereocenters. The van der Waals surface area contributed by atoms with E-state index < -0.39 is 27.0 Å². The fraction of sp³-hybridized carbons (Fsp3) is 0. The van der Waals surface area contributed by atoms with Crippen molar-refractivity contribution >= 4 is 28.8 Å². The number of halogens is 1. The summed E-state index contributed by atoms with van der Waals surface area (Å²) < 4.78 is 0. The second-order valence-electron chi connectivity index (χ2n) is 3.63. The first kappa shape index (κ1) is 16.1. The predicted molar refractivity (Wildman–Crippen MR) is 71.6 cm³/mol. The van der Waals surface area contributed by atoms with Gasteiger partial charge in [-0.05, 0) is 11.8 Å². The van der Waals surface area contributed by atoms with Crippen LogP contribution in [-0.4, -0.2) is 9.85 Å². The molecule has 0 radical (unpaired) electrons. The lowest BCUT2D eigenvalue weighted by Crippen LogP contribution is -2.07. The van der Waals surface area contributed by atoms with Gasteiger partial charge >= 0.3 is 0 Å². The van der Waals surface area contributed by atoms with E-state index in [2.05, 4.69) is 4.98 Å². The van der Waals surface area contributed by atoms with E-state index in [1.54, 1.807) is 18.3 Å². The minimum absolute atomic E-state index is 0.466. The number of nitrogens with two attached hydrogens (primary N) is 1. The number of nitrogen functional groups attached to an aromatic ring is 1. The molecule has 110 valence electrons. The molecule has 0 saturated heterocycles. The zero-order valence-electron chi connectivity index (χ0n) is 10.4. The maximum absolute atomic E-state index is 10.8. The summed E-state index contributed by atoms with van der Waals surface area (Å²) in [6.45, 7) is 0. The molecule has 0 aliphatic heterocycles. The third-order valence-electron chi connectivity index (χ3n) is 2.15. The monoisotopic (exact) mass is 312 g/mol. The quantitative estimate of drug-likeness (QED) is 0.652. The standard InChI is InChI=1S/C6H4N2O5.C5H5ClN2/c9-6-2-1-4(7(10)11)3-5(6)8(12)13;6-4-1-2-5(7)8-3-4/h1-3,9H;1-3H,(H2,7,8). The number of anilines is 1. The number of nitro groups is 2. The molecule has 0 saturated carbocycles. The van der Waals surface area contributed by atoms with Crippen molar-refractivity contribution in [3.63, 3.8) is 0 Å². The molecule has 0 fully saturated rings. The lowest BCUT2D eigenvalue weighted by molar-refractivity contribution is -0.403. The number of H-pyrrole nitrogens is 1. The van der Waals surface area contributed by atoms with Crippen molar-refractivity contribution < 1.29 is 19.9 Å². The number of hydrogen-bond acceptors (Lipinski definition) is 6. The minimum atomic E-state index is -0.949. The summed E-state index contributed by atoms with van der Waals surface area (Å²) >= 11 is 5.52. The molecule has 1 heterocycles. The topological polar surface area (TPSA) is 150 Å². The molecule has 3 N–H and O–H groups in total. The van der Waals surface area contributed by atoms with Gasteiger partial charge < -0.3 is 5.11 Å². The highest BCUT2D eigenvalue weighted by molar-refractivity contribution is 6.30. The Labute approximate surface area is 122 Å². The van der Waals surface area contributed by atoms with Crippen LogP contribution in [0.4, 0.5) is 17.2 Å². The van der Waals surface area contributed by atoms with Gasteiger partial charge in [0.15, 0.2) is 0 Å². The minimum Gasteiger partial charge on any atom is -0.868 e. The zero-order chi connectivity index (χ0) is 16.0. The molecule has 10 heteroatoms. The molecule has 9 nitrogen and oxygen atoms in total. The van der Waals surface area contributed by atoms with Crippen LogP contribution in [-0.2, 0) is 0 Å². The molecular formula is C11H9ClN4O5. The smallest absolute Gasteiger partial charge is 0.276 e. The number of hydrogen-bond donors (Lipinski definition) is 1. The highest BCUT2D eigenvalue weighted by atomic mass is 35.5. The molecule has 2 aromatic rings. The summed E-state index contributed by atoms with van der Waals surface area (Å²) in [5.41, 5.74) is 4.06. The van der Waals surface area contributed by atoms with Crippen molar-refractivity contribution in [2.45, 2.75) is 0 Å². The number of pyridine rings is 1. The first-order valence-electron chi connectivity index (χ1n) is 5.34. The molecular weight excluding hydrogens is 304 g/mol. The van der Waals surface area contributed by atoms with Gasteiger partial charge in [-0.25, -0.2) is 4.98 Å². The van der Waals surface area contributed by atoms with E-state index in [0.29, 0.717) is 16.9 Å². The van der Waals surface area contributed by atoms with Crippen LogP contribution in [0.3, 0.4) is 0 Å². The molecule has 0 bridgehead atoms.